The van der Waals surface area contributed by atoms with Gasteiger partial charge in [0.2, 0.25) is 0 Å². The number of hydrogen-bond donors (Lipinski definition) is 1. The van der Waals surface area contributed by atoms with Gasteiger partial charge in [0.25, 0.3) is 5.91 Å². The van der Waals surface area contributed by atoms with E-state index in [2.05, 4.69) is 15.5 Å². The summed E-state index contributed by atoms with van der Waals surface area (Å²) in [6.07, 6.45) is 6.13. The third-order valence-corrected chi connectivity index (χ3v) is 3.71. The summed E-state index contributed by atoms with van der Waals surface area (Å²) < 4.78 is 8.97. The number of amides is 1. The van der Waals surface area contributed by atoms with E-state index in [9.17, 15) is 4.79 Å². The fraction of sp³-hybridized carbons (Fsp3) is 0.235. The van der Waals surface area contributed by atoms with Crippen molar-refractivity contribution in [2.45, 2.75) is 19.7 Å². The van der Waals surface area contributed by atoms with Crippen molar-refractivity contribution in [2.75, 3.05) is 6.54 Å². The number of halogens is 1. The molecule has 0 bridgehead atoms. The number of nitrogens with zero attached hydrogens (tertiary/aromatic N) is 4. The molecule has 0 saturated heterocycles. The molecule has 1 aromatic carbocycles. The molecule has 3 rings (SSSR count). The molecule has 3 aromatic rings. The Balaban J connectivity index is 1.42. The average molecular weight is 360 g/mol. The van der Waals surface area contributed by atoms with Gasteiger partial charge >= 0.3 is 0 Å². The summed E-state index contributed by atoms with van der Waals surface area (Å²) in [4.78, 5) is 12.1. The summed E-state index contributed by atoms with van der Waals surface area (Å²) in [5.41, 5.74) is 0.360. The molecule has 0 fully saturated rings. The van der Waals surface area contributed by atoms with Gasteiger partial charge in [0.15, 0.2) is 6.73 Å². The van der Waals surface area contributed by atoms with Crippen molar-refractivity contribution < 1.29 is 9.53 Å². The van der Waals surface area contributed by atoms with E-state index in [4.69, 9.17) is 16.3 Å². The molecule has 130 valence electrons. The van der Waals surface area contributed by atoms with Crippen molar-refractivity contribution in [3.63, 3.8) is 0 Å². The highest BCUT2D eigenvalue weighted by molar-refractivity contribution is 6.30. The molecular formula is C17H18ClN5O2. The first kappa shape index (κ1) is 17.0. The highest BCUT2D eigenvalue weighted by atomic mass is 35.5. The molecule has 0 radical (unpaired) electrons. The SMILES string of the molecule is O=C(NCCCn1cccn1)c1ccn(COc2ccc(Cl)cc2)n1. The lowest BCUT2D eigenvalue weighted by Gasteiger charge is -2.06. The van der Waals surface area contributed by atoms with Gasteiger partial charge in [0.1, 0.15) is 11.4 Å². The van der Waals surface area contributed by atoms with Gasteiger partial charge in [-0.15, -0.1) is 0 Å². The summed E-state index contributed by atoms with van der Waals surface area (Å²) >= 11 is 5.83. The lowest BCUT2D eigenvalue weighted by Crippen LogP contribution is -2.26. The van der Waals surface area contributed by atoms with Gasteiger partial charge in [-0.05, 0) is 42.8 Å². The van der Waals surface area contributed by atoms with Crippen molar-refractivity contribution in [2.24, 2.45) is 0 Å². The maximum Gasteiger partial charge on any atom is 0.271 e. The highest BCUT2D eigenvalue weighted by Gasteiger charge is 2.09. The number of carbonyl (C=O) groups excluding carboxylic acids is 1. The predicted octanol–water partition coefficient (Wildman–Crippen LogP) is 2.59. The minimum absolute atomic E-state index is 0.203. The maximum atomic E-state index is 12.1. The van der Waals surface area contributed by atoms with Gasteiger partial charge in [-0.2, -0.15) is 10.2 Å². The highest BCUT2D eigenvalue weighted by Crippen LogP contribution is 2.15. The first-order valence-electron chi connectivity index (χ1n) is 7.88. The van der Waals surface area contributed by atoms with Gasteiger partial charge in [-0.25, -0.2) is 4.68 Å². The number of aromatic nitrogens is 4. The molecule has 0 saturated carbocycles. The number of hydrogen-bond acceptors (Lipinski definition) is 4. The number of ether oxygens (including phenoxy) is 1. The molecule has 1 amide bonds. The van der Waals surface area contributed by atoms with E-state index in [0.717, 1.165) is 13.0 Å². The zero-order valence-electron chi connectivity index (χ0n) is 13.5. The standard InChI is InChI=1S/C17H18ClN5O2/c18-14-3-5-15(6-4-14)25-13-23-12-7-16(21-23)17(24)19-8-1-10-22-11-2-9-20-22/h2-7,9,11-12H,1,8,10,13H2,(H,19,24). The molecular weight excluding hydrogens is 342 g/mol. The molecule has 0 aliphatic rings. The number of nitrogens with one attached hydrogen (secondary N) is 1. The Hall–Kier alpha value is -2.80. The van der Waals surface area contributed by atoms with Crippen LogP contribution in [0.15, 0.2) is 55.0 Å². The van der Waals surface area contributed by atoms with E-state index in [-0.39, 0.29) is 12.6 Å². The molecule has 0 spiro atoms. The summed E-state index contributed by atoms with van der Waals surface area (Å²) in [7, 11) is 0. The van der Waals surface area contributed by atoms with Crippen LogP contribution in [-0.2, 0) is 13.3 Å². The van der Waals surface area contributed by atoms with Crippen molar-refractivity contribution in [1.82, 2.24) is 24.9 Å². The topological polar surface area (TPSA) is 74.0 Å². The van der Waals surface area contributed by atoms with E-state index < -0.39 is 0 Å². The van der Waals surface area contributed by atoms with E-state index in [0.29, 0.717) is 23.0 Å². The first-order valence-corrected chi connectivity index (χ1v) is 8.26. The Morgan fingerprint density at radius 3 is 2.76 bits per heavy atom. The minimum atomic E-state index is -0.203. The number of benzene rings is 1. The van der Waals surface area contributed by atoms with Crippen LogP contribution in [0.4, 0.5) is 0 Å². The van der Waals surface area contributed by atoms with Gasteiger partial charge in [-0.1, -0.05) is 11.6 Å². The number of carbonyl (C=O) groups is 1. The minimum Gasteiger partial charge on any atom is -0.471 e. The monoisotopic (exact) mass is 359 g/mol. The van der Waals surface area contributed by atoms with Crippen molar-refractivity contribution >= 4 is 17.5 Å². The first-order chi connectivity index (χ1) is 12.2. The Kier molecular flexibility index (Phi) is 5.69. The molecule has 0 aliphatic heterocycles. The van der Waals surface area contributed by atoms with E-state index in [1.165, 1.54) is 0 Å². The van der Waals surface area contributed by atoms with Crippen molar-refractivity contribution in [3.05, 3.63) is 65.7 Å². The quantitative estimate of drug-likeness (QED) is 0.627. The zero-order valence-corrected chi connectivity index (χ0v) is 14.3. The van der Waals surface area contributed by atoms with Crippen LogP contribution in [0.5, 0.6) is 5.75 Å². The molecule has 0 atom stereocenters. The second-order valence-corrected chi connectivity index (χ2v) is 5.78. The smallest absolute Gasteiger partial charge is 0.271 e. The van der Waals surface area contributed by atoms with Crippen LogP contribution >= 0.6 is 11.6 Å². The Bertz CT molecular complexity index is 799. The molecule has 25 heavy (non-hydrogen) atoms. The molecule has 0 unspecified atom stereocenters. The Morgan fingerprint density at radius 2 is 2.00 bits per heavy atom. The van der Waals surface area contributed by atoms with E-state index in [1.807, 2.05) is 16.9 Å². The normalized spacial score (nSPS) is 10.6. The van der Waals surface area contributed by atoms with Crippen LogP contribution in [0.2, 0.25) is 5.02 Å². The molecule has 2 heterocycles. The largest absolute Gasteiger partial charge is 0.471 e. The molecule has 7 nitrogen and oxygen atoms in total. The van der Waals surface area contributed by atoms with E-state index in [1.54, 1.807) is 47.4 Å². The summed E-state index contributed by atoms with van der Waals surface area (Å²) in [5, 5.41) is 11.8. The van der Waals surface area contributed by atoms with E-state index >= 15 is 0 Å². The van der Waals surface area contributed by atoms with Crippen LogP contribution < -0.4 is 10.1 Å². The lowest BCUT2D eigenvalue weighted by atomic mass is 10.3. The number of rotatable bonds is 8. The van der Waals surface area contributed by atoms with Crippen molar-refractivity contribution in [1.29, 1.82) is 0 Å². The summed E-state index contributed by atoms with van der Waals surface area (Å²) in [6.45, 7) is 1.54. The molecule has 0 aliphatic carbocycles. The second-order valence-electron chi connectivity index (χ2n) is 5.35. The Labute approximate surface area is 150 Å². The maximum absolute atomic E-state index is 12.1. The van der Waals surface area contributed by atoms with Crippen LogP contribution in [0.1, 0.15) is 16.9 Å². The fourth-order valence-corrected chi connectivity index (χ4v) is 2.32. The third kappa shape index (κ3) is 5.09. The average Bonchev–Trinajstić information content (AvgIpc) is 3.30. The second kappa shape index (κ2) is 8.34. The van der Waals surface area contributed by atoms with Crippen LogP contribution in [0.3, 0.4) is 0 Å². The van der Waals surface area contributed by atoms with Gasteiger partial charge in [0.05, 0.1) is 0 Å². The van der Waals surface area contributed by atoms with Gasteiger partial charge in [0, 0.05) is 36.7 Å². The van der Waals surface area contributed by atoms with Crippen LogP contribution in [0.25, 0.3) is 0 Å². The van der Waals surface area contributed by atoms with Crippen LogP contribution in [-0.4, -0.2) is 32.0 Å². The van der Waals surface area contributed by atoms with Crippen molar-refractivity contribution in [3.8, 4) is 5.75 Å². The molecule has 2 aromatic heterocycles. The van der Waals surface area contributed by atoms with Gasteiger partial charge < -0.3 is 10.1 Å². The zero-order chi connectivity index (χ0) is 17.5. The van der Waals surface area contributed by atoms with Crippen LogP contribution in [0, 0.1) is 0 Å². The summed E-state index contributed by atoms with van der Waals surface area (Å²) in [5.74, 6) is 0.482. The lowest BCUT2D eigenvalue weighted by molar-refractivity contribution is 0.0945. The molecule has 1 N–H and O–H groups in total. The van der Waals surface area contributed by atoms with Gasteiger partial charge in [-0.3, -0.25) is 9.48 Å². The summed E-state index contributed by atoms with van der Waals surface area (Å²) in [6, 6.07) is 10.6. The molecule has 8 heteroatoms. The Morgan fingerprint density at radius 1 is 1.16 bits per heavy atom. The predicted molar refractivity (Wildman–Crippen MR) is 93.5 cm³/mol. The fourth-order valence-electron chi connectivity index (χ4n) is 2.19. The third-order valence-electron chi connectivity index (χ3n) is 3.46. The number of aryl methyl sites for hydroxylation is 1.